The average Bonchev–Trinajstić information content (AvgIpc) is 2.52. The van der Waals surface area contributed by atoms with E-state index in [1.54, 1.807) is 0 Å². The minimum Gasteiger partial charge on any atom is -0.298 e. The summed E-state index contributed by atoms with van der Waals surface area (Å²) in [5.41, 5.74) is 2.76. The van der Waals surface area contributed by atoms with Gasteiger partial charge in [0.25, 0.3) is 0 Å². The maximum atomic E-state index is 3.56. The SMILES string of the molecule is Cc1cccc(C2NC(C)CS2)c1. The van der Waals surface area contributed by atoms with Crippen LogP contribution in [0.2, 0.25) is 0 Å². The first-order valence-corrected chi connectivity index (χ1v) is 5.75. The molecular weight excluding hydrogens is 178 g/mol. The second-order valence-corrected chi connectivity index (χ2v) is 4.83. The van der Waals surface area contributed by atoms with Crippen molar-refractivity contribution in [2.24, 2.45) is 0 Å². The quantitative estimate of drug-likeness (QED) is 0.736. The van der Waals surface area contributed by atoms with Crippen molar-refractivity contribution in [3.8, 4) is 0 Å². The minimum atomic E-state index is 0.509. The van der Waals surface area contributed by atoms with Gasteiger partial charge in [-0.05, 0) is 19.4 Å². The van der Waals surface area contributed by atoms with Crippen LogP contribution in [-0.2, 0) is 0 Å². The molecule has 1 heterocycles. The van der Waals surface area contributed by atoms with E-state index in [-0.39, 0.29) is 0 Å². The van der Waals surface area contributed by atoms with Crippen molar-refractivity contribution in [2.45, 2.75) is 25.3 Å². The van der Waals surface area contributed by atoms with Gasteiger partial charge in [0.05, 0.1) is 5.37 Å². The van der Waals surface area contributed by atoms with Crippen molar-refractivity contribution in [2.75, 3.05) is 5.75 Å². The van der Waals surface area contributed by atoms with E-state index < -0.39 is 0 Å². The van der Waals surface area contributed by atoms with Crippen LogP contribution >= 0.6 is 11.8 Å². The van der Waals surface area contributed by atoms with Crippen LogP contribution in [-0.4, -0.2) is 11.8 Å². The van der Waals surface area contributed by atoms with Gasteiger partial charge in [-0.15, -0.1) is 11.8 Å². The Labute approximate surface area is 83.9 Å². The first-order valence-electron chi connectivity index (χ1n) is 4.70. The number of benzene rings is 1. The Morgan fingerprint density at radius 2 is 2.31 bits per heavy atom. The first kappa shape index (κ1) is 9.10. The Bertz CT molecular complexity index is 298. The van der Waals surface area contributed by atoms with Crippen molar-refractivity contribution in [3.63, 3.8) is 0 Å². The molecule has 0 saturated carbocycles. The highest BCUT2D eigenvalue weighted by Gasteiger charge is 2.21. The molecule has 0 aromatic heterocycles. The second-order valence-electron chi connectivity index (χ2n) is 3.70. The molecule has 1 nitrogen and oxygen atoms in total. The maximum Gasteiger partial charge on any atom is 0.0792 e. The normalized spacial score (nSPS) is 27.8. The maximum absolute atomic E-state index is 3.56. The number of nitrogens with one attached hydrogen (secondary N) is 1. The average molecular weight is 193 g/mol. The number of aryl methyl sites for hydroxylation is 1. The molecule has 0 aliphatic carbocycles. The van der Waals surface area contributed by atoms with Crippen LogP contribution in [0.25, 0.3) is 0 Å². The van der Waals surface area contributed by atoms with Gasteiger partial charge in [0.1, 0.15) is 0 Å². The van der Waals surface area contributed by atoms with Crippen LogP contribution in [0, 0.1) is 6.92 Å². The lowest BCUT2D eigenvalue weighted by atomic mass is 10.1. The van der Waals surface area contributed by atoms with Crippen molar-refractivity contribution in [1.29, 1.82) is 0 Å². The number of rotatable bonds is 1. The largest absolute Gasteiger partial charge is 0.298 e. The van der Waals surface area contributed by atoms with E-state index in [2.05, 4.69) is 43.4 Å². The van der Waals surface area contributed by atoms with Crippen molar-refractivity contribution < 1.29 is 0 Å². The van der Waals surface area contributed by atoms with Gasteiger partial charge in [-0.2, -0.15) is 0 Å². The third-order valence-electron chi connectivity index (χ3n) is 2.29. The van der Waals surface area contributed by atoms with E-state index >= 15 is 0 Å². The third kappa shape index (κ3) is 2.06. The van der Waals surface area contributed by atoms with E-state index in [0.29, 0.717) is 11.4 Å². The summed E-state index contributed by atoms with van der Waals surface area (Å²) in [6.45, 7) is 4.38. The summed E-state index contributed by atoms with van der Waals surface area (Å²) in [6, 6.07) is 9.40. The first-order chi connectivity index (χ1) is 6.25. The van der Waals surface area contributed by atoms with Crippen LogP contribution in [0.3, 0.4) is 0 Å². The van der Waals surface area contributed by atoms with E-state index in [1.807, 2.05) is 11.8 Å². The Hall–Kier alpha value is -0.470. The molecule has 1 aliphatic rings. The Morgan fingerprint density at radius 3 is 2.92 bits per heavy atom. The van der Waals surface area contributed by atoms with Gasteiger partial charge in [0, 0.05) is 11.8 Å². The zero-order valence-corrected chi connectivity index (χ0v) is 8.90. The zero-order chi connectivity index (χ0) is 9.26. The molecule has 2 unspecified atom stereocenters. The lowest BCUT2D eigenvalue weighted by molar-refractivity contribution is 0.618. The van der Waals surface area contributed by atoms with Crippen LogP contribution in [0.4, 0.5) is 0 Å². The fourth-order valence-corrected chi connectivity index (χ4v) is 2.87. The molecule has 1 aliphatic heterocycles. The van der Waals surface area contributed by atoms with E-state index in [9.17, 15) is 0 Å². The lowest BCUT2D eigenvalue weighted by Crippen LogP contribution is -2.21. The molecule has 0 bridgehead atoms. The summed E-state index contributed by atoms with van der Waals surface area (Å²) in [5.74, 6) is 1.22. The lowest BCUT2D eigenvalue weighted by Gasteiger charge is -2.11. The Morgan fingerprint density at radius 1 is 1.46 bits per heavy atom. The summed E-state index contributed by atoms with van der Waals surface area (Å²) < 4.78 is 0. The van der Waals surface area contributed by atoms with Gasteiger partial charge in [-0.25, -0.2) is 0 Å². The predicted octanol–water partition coefficient (Wildman–Crippen LogP) is 2.72. The summed E-state index contributed by atoms with van der Waals surface area (Å²) in [4.78, 5) is 0. The minimum absolute atomic E-state index is 0.509. The summed E-state index contributed by atoms with van der Waals surface area (Å²) in [5, 5.41) is 4.07. The molecule has 13 heavy (non-hydrogen) atoms. The molecule has 1 saturated heterocycles. The Balaban J connectivity index is 2.16. The van der Waals surface area contributed by atoms with Gasteiger partial charge >= 0.3 is 0 Å². The summed E-state index contributed by atoms with van der Waals surface area (Å²) in [7, 11) is 0. The van der Waals surface area contributed by atoms with Gasteiger partial charge in [0.2, 0.25) is 0 Å². The van der Waals surface area contributed by atoms with Gasteiger partial charge in [-0.1, -0.05) is 29.8 Å². The molecule has 2 atom stereocenters. The van der Waals surface area contributed by atoms with Gasteiger partial charge in [-0.3, -0.25) is 5.32 Å². The van der Waals surface area contributed by atoms with E-state index in [0.717, 1.165) is 0 Å². The third-order valence-corrected chi connectivity index (χ3v) is 3.73. The van der Waals surface area contributed by atoms with Crippen LogP contribution in [0.15, 0.2) is 24.3 Å². The summed E-state index contributed by atoms with van der Waals surface area (Å²) >= 11 is 2.00. The van der Waals surface area contributed by atoms with Crippen LogP contribution in [0.1, 0.15) is 23.4 Å². The predicted molar refractivity (Wildman–Crippen MR) is 59.0 cm³/mol. The second kappa shape index (κ2) is 3.72. The molecule has 2 heteroatoms. The van der Waals surface area contributed by atoms with Crippen molar-refractivity contribution in [1.82, 2.24) is 5.32 Å². The highest BCUT2D eigenvalue weighted by atomic mass is 32.2. The fourth-order valence-electron chi connectivity index (χ4n) is 1.62. The van der Waals surface area contributed by atoms with Crippen molar-refractivity contribution in [3.05, 3.63) is 35.4 Å². The molecule has 0 spiro atoms. The van der Waals surface area contributed by atoms with Gasteiger partial charge < -0.3 is 0 Å². The summed E-state index contributed by atoms with van der Waals surface area (Å²) in [6.07, 6.45) is 0. The topological polar surface area (TPSA) is 12.0 Å². The molecule has 1 fully saturated rings. The highest BCUT2D eigenvalue weighted by molar-refractivity contribution is 7.99. The molecule has 1 aromatic rings. The molecule has 0 radical (unpaired) electrons. The monoisotopic (exact) mass is 193 g/mol. The van der Waals surface area contributed by atoms with Gasteiger partial charge in [0.15, 0.2) is 0 Å². The van der Waals surface area contributed by atoms with E-state index in [4.69, 9.17) is 0 Å². The zero-order valence-electron chi connectivity index (χ0n) is 8.08. The number of hydrogen-bond donors (Lipinski definition) is 1. The molecular formula is C11H15NS. The highest BCUT2D eigenvalue weighted by Crippen LogP contribution is 2.32. The number of thioether (sulfide) groups is 1. The molecule has 2 rings (SSSR count). The molecule has 1 aromatic carbocycles. The van der Waals surface area contributed by atoms with Crippen molar-refractivity contribution >= 4 is 11.8 Å². The standard InChI is InChI=1S/C11H15NS/c1-8-4-3-5-10(6-8)11-12-9(2)7-13-11/h3-6,9,11-12H,7H2,1-2H3. The van der Waals surface area contributed by atoms with E-state index in [1.165, 1.54) is 16.9 Å². The number of hydrogen-bond acceptors (Lipinski definition) is 2. The molecule has 70 valence electrons. The Kier molecular flexibility index (Phi) is 2.61. The molecule has 0 amide bonds. The van der Waals surface area contributed by atoms with Crippen LogP contribution in [0.5, 0.6) is 0 Å². The fraction of sp³-hybridized carbons (Fsp3) is 0.455. The molecule has 1 N–H and O–H groups in total. The smallest absolute Gasteiger partial charge is 0.0792 e. The van der Waals surface area contributed by atoms with Crippen LogP contribution < -0.4 is 5.32 Å².